The number of benzene rings is 2. The molecule has 2 aromatic carbocycles. The van der Waals surface area contributed by atoms with Gasteiger partial charge in [-0.2, -0.15) is 0 Å². The fraction of sp³-hybridized carbons (Fsp3) is 0.222. The topological polar surface area (TPSA) is 79.5 Å². The molecule has 26 heavy (non-hydrogen) atoms. The second-order valence-corrected chi connectivity index (χ2v) is 6.16. The number of thioether (sulfide) groups is 1. The maximum Gasteiger partial charge on any atom is 0.338 e. The van der Waals surface area contributed by atoms with Gasteiger partial charge in [-0.05, 0) is 36.8 Å². The van der Waals surface area contributed by atoms with Crippen LogP contribution < -0.4 is 20.9 Å². The Labute approximate surface area is 155 Å². The molecule has 8 heteroatoms. The summed E-state index contributed by atoms with van der Waals surface area (Å²) >= 11 is 1.36. The SMILES string of the molecule is CCOc1ccccc1NC(=O)NNC(=O)CSCc1ccc(F)cc1. The lowest BCUT2D eigenvalue weighted by atomic mass is 10.2. The third-order valence-electron chi connectivity index (χ3n) is 3.17. The second-order valence-electron chi connectivity index (χ2n) is 5.18. The van der Waals surface area contributed by atoms with Crippen LogP contribution in [-0.2, 0) is 10.5 Å². The van der Waals surface area contributed by atoms with Crippen LogP contribution in [0.3, 0.4) is 0 Å². The predicted molar refractivity (Wildman–Crippen MR) is 100 cm³/mol. The van der Waals surface area contributed by atoms with E-state index in [4.69, 9.17) is 4.74 Å². The van der Waals surface area contributed by atoms with Gasteiger partial charge in [0.05, 0.1) is 18.0 Å². The Bertz CT molecular complexity index is 741. The first-order valence-electron chi connectivity index (χ1n) is 7.98. The van der Waals surface area contributed by atoms with E-state index in [1.165, 1.54) is 23.9 Å². The molecule has 0 atom stereocenters. The first-order valence-corrected chi connectivity index (χ1v) is 9.14. The second kappa shape index (κ2) is 10.3. The van der Waals surface area contributed by atoms with E-state index in [1.807, 2.05) is 6.92 Å². The Kier molecular flexibility index (Phi) is 7.75. The molecular weight excluding hydrogens is 357 g/mol. The van der Waals surface area contributed by atoms with Crippen LogP contribution in [0.5, 0.6) is 5.75 Å². The van der Waals surface area contributed by atoms with Gasteiger partial charge >= 0.3 is 6.03 Å². The summed E-state index contributed by atoms with van der Waals surface area (Å²) in [5.74, 6) is 0.642. The number of carbonyl (C=O) groups excluding carboxylic acids is 2. The third kappa shape index (κ3) is 6.64. The summed E-state index contributed by atoms with van der Waals surface area (Å²) in [7, 11) is 0. The average molecular weight is 377 g/mol. The van der Waals surface area contributed by atoms with Gasteiger partial charge in [-0.3, -0.25) is 10.2 Å². The quantitative estimate of drug-likeness (QED) is 0.647. The molecule has 0 saturated heterocycles. The fourth-order valence-electron chi connectivity index (χ4n) is 2.01. The van der Waals surface area contributed by atoms with Crippen molar-refractivity contribution in [2.75, 3.05) is 17.7 Å². The van der Waals surface area contributed by atoms with E-state index in [-0.39, 0.29) is 17.5 Å². The first kappa shape index (κ1) is 19.6. The number of hydrogen-bond donors (Lipinski definition) is 3. The van der Waals surface area contributed by atoms with E-state index in [0.29, 0.717) is 23.8 Å². The number of halogens is 1. The maximum atomic E-state index is 12.8. The van der Waals surface area contributed by atoms with Gasteiger partial charge in [0, 0.05) is 5.75 Å². The average Bonchev–Trinajstić information content (AvgIpc) is 2.63. The van der Waals surface area contributed by atoms with Crippen molar-refractivity contribution in [2.24, 2.45) is 0 Å². The predicted octanol–water partition coefficient (Wildman–Crippen LogP) is 3.31. The van der Waals surface area contributed by atoms with E-state index >= 15 is 0 Å². The number of carbonyl (C=O) groups is 2. The van der Waals surface area contributed by atoms with E-state index < -0.39 is 6.03 Å². The maximum absolute atomic E-state index is 12.8. The zero-order valence-corrected chi connectivity index (χ0v) is 15.1. The molecule has 0 aliphatic rings. The van der Waals surface area contributed by atoms with Crippen molar-refractivity contribution in [3.05, 3.63) is 59.9 Å². The third-order valence-corrected chi connectivity index (χ3v) is 4.17. The van der Waals surface area contributed by atoms with Crippen molar-refractivity contribution in [1.82, 2.24) is 10.9 Å². The molecule has 6 nitrogen and oxygen atoms in total. The molecular formula is C18H20FN3O3S. The van der Waals surface area contributed by atoms with Gasteiger partial charge in [-0.15, -0.1) is 11.8 Å². The number of urea groups is 1. The molecule has 0 heterocycles. The Morgan fingerprint density at radius 1 is 1.08 bits per heavy atom. The highest BCUT2D eigenvalue weighted by Gasteiger charge is 2.08. The zero-order valence-electron chi connectivity index (χ0n) is 14.3. The minimum absolute atomic E-state index is 0.160. The summed E-state index contributed by atoms with van der Waals surface area (Å²) in [6.45, 7) is 2.32. The summed E-state index contributed by atoms with van der Waals surface area (Å²) in [5, 5.41) is 2.61. The lowest BCUT2D eigenvalue weighted by Gasteiger charge is -2.12. The molecule has 0 bridgehead atoms. The molecule has 0 radical (unpaired) electrons. The first-order chi connectivity index (χ1) is 12.6. The van der Waals surface area contributed by atoms with Crippen LogP contribution in [0, 0.1) is 5.82 Å². The molecule has 2 rings (SSSR count). The fourth-order valence-corrected chi connectivity index (χ4v) is 2.80. The Balaban J connectivity index is 1.70. The van der Waals surface area contributed by atoms with Crippen molar-refractivity contribution in [3.8, 4) is 5.75 Å². The van der Waals surface area contributed by atoms with Crippen LogP contribution in [-0.4, -0.2) is 24.3 Å². The largest absolute Gasteiger partial charge is 0.492 e. The molecule has 2 aromatic rings. The van der Waals surface area contributed by atoms with Gasteiger partial charge in [-0.1, -0.05) is 24.3 Å². The molecule has 138 valence electrons. The minimum atomic E-state index is -0.575. The van der Waals surface area contributed by atoms with E-state index in [0.717, 1.165) is 5.56 Å². The number of amides is 3. The number of ether oxygens (including phenoxy) is 1. The van der Waals surface area contributed by atoms with Crippen LogP contribution >= 0.6 is 11.8 Å². The van der Waals surface area contributed by atoms with Gasteiger partial charge in [0.1, 0.15) is 11.6 Å². The Hall–Kier alpha value is -2.74. The summed E-state index contributed by atoms with van der Waals surface area (Å²) in [6.07, 6.45) is 0. The monoisotopic (exact) mass is 377 g/mol. The zero-order chi connectivity index (χ0) is 18.8. The minimum Gasteiger partial charge on any atom is -0.492 e. The van der Waals surface area contributed by atoms with Crippen LogP contribution in [0.4, 0.5) is 14.9 Å². The van der Waals surface area contributed by atoms with Gasteiger partial charge in [-0.25, -0.2) is 14.6 Å². The van der Waals surface area contributed by atoms with Crippen molar-refractivity contribution in [2.45, 2.75) is 12.7 Å². The highest BCUT2D eigenvalue weighted by molar-refractivity contribution is 7.99. The summed E-state index contributed by atoms with van der Waals surface area (Å²) in [5.41, 5.74) is 6.04. The highest BCUT2D eigenvalue weighted by atomic mass is 32.2. The van der Waals surface area contributed by atoms with Crippen molar-refractivity contribution in [3.63, 3.8) is 0 Å². The Morgan fingerprint density at radius 3 is 2.54 bits per heavy atom. The molecule has 0 fully saturated rings. The van der Waals surface area contributed by atoms with Crippen LogP contribution in [0.1, 0.15) is 12.5 Å². The lowest BCUT2D eigenvalue weighted by Crippen LogP contribution is -2.44. The molecule has 0 unspecified atom stereocenters. The van der Waals surface area contributed by atoms with Crippen LogP contribution in [0.25, 0.3) is 0 Å². The lowest BCUT2D eigenvalue weighted by molar-refractivity contribution is -0.119. The number of rotatable bonds is 7. The number of hydrazine groups is 1. The number of nitrogens with one attached hydrogen (secondary N) is 3. The molecule has 0 aromatic heterocycles. The molecule has 0 aliphatic heterocycles. The number of anilines is 1. The van der Waals surface area contributed by atoms with E-state index in [9.17, 15) is 14.0 Å². The number of hydrogen-bond acceptors (Lipinski definition) is 4. The van der Waals surface area contributed by atoms with Gasteiger partial charge in [0.25, 0.3) is 0 Å². The van der Waals surface area contributed by atoms with Gasteiger partial charge in [0.2, 0.25) is 5.91 Å². The van der Waals surface area contributed by atoms with Gasteiger partial charge < -0.3 is 10.1 Å². The molecule has 0 saturated carbocycles. The van der Waals surface area contributed by atoms with Crippen LogP contribution in [0.15, 0.2) is 48.5 Å². The standard InChI is InChI=1S/C18H20FN3O3S/c1-2-25-16-6-4-3-5-15(16)20-18(24)22-21-17(23)12-26-11-13-7-9-14(19)10-8-13/h3-10H,2,11-12H2,1H3,(H,21,23)(H2,20,22,24). The number of para-hydroxylation sites is 2. The van der Waals surface area contributed by atoms with Crippen molar-refractivity contribution >= 4 is 29.4 Å². The molecule has 0 spiro atoms. The van der Waals surface area contributed by atoms with E-state index in [1.54, 1.807) is 36.4 Å². The van der Waals surface area contributed by atoms with Crippen LogP contribution in [0.2, 0.25) is 0 Å². The summed E-state index contributed by atoms with van der Waals surface area (Å²) in [6, 6.07) is 12.5. The summed E-state index contributed by atoms with van der Waals surface area (Å²) < 4.78 is 18.2. The van der Waals surface area contributed by atoms with Crippen molar-refractivity contribution in [1.29, 1.82) is 0 Å². The highest BCUT2D eigenvalue weighted by Crippen LogP contribution is 2.23. The normalized spacial score (nSPS) is 10.1. The van der Waals surface area contributed by atoms with E-state index in [2.05, 4.69) is 16.2 Å². The Morgan fingerprint density at radius 2 is 1.81 bits per heavy atom. The molecule has 3 N–H and O–H groups in total. The molecule has 3 amide bonds. The molecule has 0 aliphatic carbocycles. The summed E-state index contributed by atoms with van der Waals surface area (Å²) in [4.78, 5) is 23.6. The van der Waals surface area contributed by atoms with Gasteiger partial charge in [0.15, 0.2) is 0 Å². The van der Waals surface area contributed by atoms with Crippen molar-refractivity contribution < 1.29 is 18.7 Å². The smallest absolute Gasteiger partial charge is 0.338 e.